The highest BCUT2D eigenvalue weighted by Crippen LogP contribution is 2.30. The van der Waals surface area contributed by atoms with Crippen LogP contribution in [-0.4, -0.2) is 12.0 Å². The number of anilines is 1. The summed E-state index contributed by atoms with van der Waals surface area (Å²) in [5.74, 6) is -0.0361. The van der Waals surface area contributed by atoms with Crippen molar-refractivity contribution >= 4 is 40.9 Å². The van der Waals surface area contributed by atoms with Gasteiger partial charge in [0.2, 0.25) is 5.96 Å². The predicted octanol–water partition coefficient (Wildman–Crippen LogP) is 6.48. The molecule has 3 aromatic rings. The molecule has 3 rings (SSSR count). The zero-order valence-electron chi connectivity index (χ0n) is 17.1. The van der Waals surface area contributed by atoms with Crippen LogP contribution in [-0.2, 0) is 19.3 Å². The third kappa shape index (κ3) is 7.69. The summed E-state index contributed by atoms with van der Waals surface area (Å²) in [7, 11) is 0. The highest BCUT2D eigenvalue weighted by molar-refractivity contribution is 6.42. The monoisotopic (exact) mass is 494 g/mol. The van der Waals surface area contributed by atoms with Crippen LogP contribution in [0.15, 0.2) is 77.8 Å². The summed E-state index contributed by atoms with van der Waals surface area (Å²) in [6, 6.07) is 18.2. The Morgan fingerprint density at radius 3 is 2.33 bits per heavy atom. The van der Waals surface area contributed by atoms with Gasteiger partial charge in [-0.1, -0.05) is 65.7 Å². The number of benzene rings is 3. The van der Waals surface area contributed by atoms with E-state index in [1.165, 1.54) is 12.1 Å². The van der Waals surface area contributed by atoms with Gasteiger partial charge in [0, 0.05) is 12.2 Å². The van der Waals surface area contributed by atoms with Crippen LogP contribution in [0.5, 0.6) is 0 Å². The van der Waals surface area contributed by atoms with Crippen LogP contribution in [0, 0.1) is 0 Å². The third-order valence-corrected chi connectivity index (χ3v) is 5.12. The van der Waals surface area contributed by atoms with Gasteiger partial charge in [-0.15, -0.1) is 0 Å². The normalized spacial score (nSPS) is 11.7. The number of guanidine groups is 1. The van der Waals surface area contributed by atoms with Gasteiger partial charge in [-0.05, 0) is 41.5 Å². The highest BCUT2D eigenvalue weighted by Gasteiger charge is 2.30. The fraction of sp³-hybridized carbons (Fsp3) is 0.130. The first kappa shape index (κ1) is 24.4. The Balaban J connectivity index is 1.76. The predicted molar refractivity (Wildman–Crippen MR) is 124 cm³/mol. The fourth-order valence-corrected chi connectivity index (χ4v) is 3.08. The number of urea groups is 1. The van der Waals surface area contributed by atoms with E-state index < -0.39 is 17.8 Å². The minimum Gasteiger partial charge on any atom is -0.334 e. The molecule has 0 spiro atoms. The maximum Gasteiger partial charge on any atom is 0.416 e. The number of alkyl halides is 3. The first-order chi connectivity index (χ1) is 15.7. The Labute approximate surface area is 198 Å². The van der Waals surface area contributed by atoms with Crippen molar-refractivity contribution in [3.8, 4) is 0 Å². The maximum atomic E-state index is 13.1. The lowest BCUT2D eigenvalue weighted by Gasteiger charge is -2.14. The Morgan fingerprint density at radius 1 is 0.879 bits per heavy atom. The van der Waals surface area contributed by atoms with Crippen molar-refractivity contribution in [3.63, 3.8) is 0 Å². The lowest BCUT2D eigenvalue weighted by molar-refractivity contribution is -0.137. The van der Waals surface area contributed by atoms with E-state index in [9.17, 15) is 18.0 Å². The van der Waals surface area contributed by atoms with Gasteiger partial charge < -0.3 is 10.6 Å². The number of amides is 2. The van der Waals surface area contributed by atoms with Crippen molar-refractivity contribution in [2.45, 2.75) is 19.3 Å². The molecule has 0 aliphatic heterocycles. The van der Waals surface area contributed by atoms with Gasteiger partial charge in [0.15, 0.2) is 0 Å². The summed E-state index contributed by atoms with van der Waals surface area (Å²) in [5, 5.41) is 8.67. The number of nitrogens with one attached hydrogen (secondary N) is 3. The molecule has 10 heteroatoms. The number of carbonyl (C=O) groups is 1. The molecule has 0 aromatic heterocycles. The second-order valence-corrected chi connectivity index (χ2v) is 7.72. The van der Waals surface area contributed by atoms with Gasteiger partial charge in [0.25, 0.3) is 0 Å². The van der Waals surface area contributed by atoms with Crippen molar-refractivity contribution in [2.75, 3.05) is 5.32 Å². The largest absolute Gasteiger partial charge is 0.416 e. The molecule has 172 valence electrons. The second-order valence-electron chi connectivity index (χ2n) is 6.91. The number of halogens is 5. The molecule has 3 N–H and O–H groups in total. The first-order valence-corrected chi connectivity index (χ1v) is 10.5. The van der Waals surface area contributed by atoms with Crippen LogP contribution >= 0.6 is 23.2 Å². The van der Waals surface area contributed by atoms with Gasteiger partial charge in [-0.25, -0.2) is 9.79 Å². The number of hydrogen-bond acceptors (Lipinski definition) is 2. The SMILES string of the molecule is O=C(NCc1ccccc1)NC(=NCc1ccc(Cl)c(Cl)c1)Nc1cccc(C(F)(F)F)c1. The summed E-state index contributed by atoms with van der Waals surface area (Å²) in [4.78, 5) is 16.7. The Morgan fingerprint density at radius 2 is 1.64 bits per heavy atom. The van der Waals surface area contributed by atoms with E-state index in [0.29, 0.717) is 15.6 Å². The zero-order valence-corrected chi connectivity index (χ0v) is 18.6. The Bertz CT molecular complexity index is 1140. The number of carbonyl (C=O) groups excluding carboxylic acids is 1. The third-order valence-electron chi connectivity index (χ3n) is 4.38. The summed E-state index contributed by atoms with van der Waals surface area (Å²) in [6.07, 6.45) is -4.50. The average molecular weight is 495 g/mol. The quantitative estimate of drug-likeness (QED) is 0.280. The number of aliphatic imine (C=N–C) groups is 1. The molecule has 0 atom stereocenters. The van der Waals surface area contributed by atoms with Gasteiger partial charge in [0.05, 0.1) is 22.2 Å². The van der Waals surface area contributed by atoms with Crippen LogP contribution in [0.2, 0.25) is 10.0 Å². The van der Waals surface area contributed by atoms with Crippen LogP contribution in [0.25, 0.3) is 0 Å². The topological polar surface area (TPSA) is 65.5 Å². The van der Waals surface area contributed by atoms with E-state index in [2.05, 4.69) is 20.9 Å². The molecule has 0 saturated carbocycles. The molecule has 33 heavy (non-hydrogen) atoms. The van der Waals surface area contributed by atoms with E-state index in [-0.39, 0.29) is 24.7 Å². The first-order valence-electron chi connectivity index (χ1n) is 9.72. The molecular weight excluding hydrogens is 476 g/mol. The van der Waals surface area contributed by atoms with Crippen molar-refractivity contribution in [1.82, 2.24) is 10.6 Å². The second kappa shape index (κ2) is 11.1. The van der Waals surface area contributed by atoms with Crippen LogP contribution in [0.3, 0.4) is 0 Å². The molecule has 0 radical (unpaired) electrons. The van der Waals surface area contributed by atoms with Gasteiger partial charge in [0.1, 0.15) is 0 Å². The number of hydrogen-bond donors (Lipinski definition) is 3. The van der Waals surface area contributed by atoms with Gasteiger partial charge >= 0.3 is 12.2 Å². The van der Waals surface area contributed by atoms with Crippen molar-refractivity contribution in [1.29, 1.82) is 0 Å². The molecule has 0 saturated heterocycles. The highest BCUT2D eigenvalue weighted by atomic mass is 35.5. The molecule has 0 aliphatic rings. The Kier molecular flexibility index (Phi) is 8.19. The molecular formula is C23H19Cl2F3N4O. The van der Waals surface area contributed by atoms with Crippen LogP contribution in [0.1, 0.15) is 16.7 Å². The lowest BCUT2D eigenvalue weighted by atomic mass is 10.2. The van der Waals surface area contributed by atoms with E-state index in [0.717, 1.165) is 17.7 Å². The molecule has 0 aliphatic carbocycles. The van der Waals surface area contributed by atoms with E-state index in [4.69, 9.17) is 23.2 Å². The molecule has 0 heterocycles. The fourth-order valence-electron chi connectivity index (χ4n) is 2.76. The van der Waals surface area contributed by atoms with Crippen molar-refractivity contribution in [2.24, 2.45) is 4.99 Å². The standard InChI is InChI=1S/C23H19Cl2F3N4O/c24-19-10-9-16(11-20(19)25)14-29-21(31-18-8-4-7-17(12-18)23(26,27)28)32-22(33)30-13-15-5-2-1-3-6-15/h1-12H,13-14H2,(H3,29,30,31,32,33). The summed E-state index contributed by atoms with van der Waals surface area (Å²) >= 11 is 11.9. The lowest BCUT2D eigenvalue weighted by Crippen LogP contribution is -2.42. The maximum absolute atomic E-state index is 13.1. The number of rotatable bonds is 5. The molecule has 0 fully saturated rings. The van der Waals surface area contributed by atoms with Crippen molar-refractivity contribution < 1.29 is 18.0 Å². The summed E-state index contributed by atoms with van der Waals surface area (Å²) in [5.41, 5.74) is 0.859. The molecule has 0 bridgehead atoms. The van der Waals surface area contributed by atoms with Gasteiger partial charge in [-0.2, -0.15) is 13.2 Å². The number of nitrogens with zero attached hydrogens (tertiary/aromatic N) is 1. The Hall–Kier alpha value is -3.23. The molecule has 2 amide bonds. The summed E-state index contributed by atoms with van der Waals surface area (Å²) < 4.78 is 39.2. The van der Waals surface area contributed by atoms with Crippen LogP contribution in [0.4, 0.5) is 23.7 Å². The zero-order chi connectivity index (χ0) is 23.8. The van der Waals surface area contributed by atoms with Crippen LogP contribution < -0.4 is 16.0 Å². The smallest absolute Gasteiger partial charge is 0.334 e. The van der Waals surface area contributed by atoms with E-state index in [1.54, 1.807) is 18.2 Å². The van der Waals surface area contributed by atoms with E-state index in [1.807, 2.05) is 30.3 Å². The molecule has 0 unspecified atom stereocenters. The van der Waals surface area contributed by atoms with Crippen molar-refractivity contribution in [3.05, 3.63) is 99.5 Å². The van der Waals surface area contributed by atoms with Gasteiger partial charge in [-0.3, -0.25) is 5.32 Å². The minimum absolute atomic E-state index is 0.0361. The minimum atomic E-state index is -4.50. The van der Waals surface area contributed by atoms with E-state index >= 15 is 0 Å². The molecule has 3 aromatic carbocycles. The summed E-state index contributed by atoms with van der Waals surface area (Å²) in [6.45, 7) is 0.355. The average Bonchev–Trinajstić information content (AvgIpc) is 2.78. The molecule has 5 nitrogen and oxygen atoms in total.